The summed E-state index contributed by atoms with van der Waals surface area (Å²) in [6.07, 6.45) is 1.58. The van der Waals surface area contributed by atoms with Gasteiger partial charge in [0.15, 0.2) is 0 Å². The van der Waals surface area contributed by atoms with Crippen molar-refractivity contribution in [2.75, 3.05) is 13.2 Å². The first-order valence-corrected chi connectivity index (χ1v) is 5.12. The van der Waals surface area contributed by atoms with Crippen LogP contribution in [0.25, 0.3) is 0 Å². The van der Waals surface area contributed by atoms with Crippen molar-refractivity contribution in [2.45, 2.75) is 25.5 Å². The molecule has 2 unspecified atom stereocenters. The molecule has 0 amide bonds. The Bertz CT molecular complexity index is 267. The highest BCUT2D eigenvalue weighted by Gasteiger charge is 2.34. The van der Waals surface area contributed by atoms with Gasteiger partial charge in [0.25, 0.3) is 0 Å². The predicted octanol–water partition coefficient (Wildman–Crippen LogP) is 0.762. The van der Waals surface area contributed by atoms with Crippen LogP contribution >= 0.6 is 11.5 Å². The van der Waals surface area contributed by atoms with Gasteiger partial charge >= 0.3 is 0 Å². The van der Waals surface area contributed by atoms with E-state index in [1.807, 2.05) is 6.92 Å². The predicted molar refractivity (Wildman–Crippen MR) is 50.7 cm³/mol. The maximum absolute atomic E-state index is 5.77. The SMILES string of the molecule is CC1COC(C)(c2ncns2)CN1. The van der Waals surface area contributed by atoms with Crippen LogP contribution in [-0.4, -0.2) is 28.6 Å². The van der Waals surface area contributed by atoms with E-state index in [1.165, 1.54) is 11.5 Å². The fourth-order valence-corrected chi connectivity index (χ4v) is 1.94. The van der Waals surface area contributed by atoms with Crippen LogP contribution in [0.3, 0.4) is 0 Å². The number of nitrogens with one attached hydrogen (secondary N) is 1. The quantitative estimate of drug-likeness (QED) is 0.725. The number of ether oxygens (including phenoxy) is 1. The van der Waals surface area contributed by atoms with Crippen LogP contribution in [0.1, 0.15) is 18.9 Å². The molecule has 1 aliphatic heterocycles. The molecule has 2 rings (SSSR count). The van der Waals surface area contributed by atoms with E-state index in [2.05, 4.69) is 21.6 Å². The topological polar surface area (TPSA) is 47.0 Å². The van der Waals surface area contributed by atoms with Gasteiger partial charge in [-0.3, -0.25) is 0 Å². The lowest BCUT2D eigenvalue weighted by molar-refractivity contribution is -0.0729. The largest absolute Gasteiger partial charge is 0.365 e. The highest BCUT2D eigenvalue weighted by molar-refractivity contribution is 7.05. The Morgan fingerprint density at radius 2 is 2.62 bits per heavy atom. The summed E-state index contributed by atoms with van der Waals surface area (Å²) in [6.45, 7) is 5.70. The van der Waals surface area contributed by atoms with Crippen molar-refractivity contribution < 1.29 is 4.74 Å². The lowest BCUT2D eigenvalue weighted by Crippen LogP contribution is -2.50. The summed E-state index contributed by atoms with van der Waals surface area (Å²) in [5, 5.41) is 4.33. The van der Waals surface area contributed by atoms with E-state index < -0.39 is 0 Å². The molecule has 0 aliphatic carbocycles. The maximum Gasteiger partial charge on any atom is 0.146 e. The molecular formula is C8H13N3OS. The Hall–Kier alpha value is -0.520. The Labute approximate surface area is 81.5 Å². The third kappa shape index (κ3) is 1.72. The minimum Gasteiger partial charge on any atom is -0.365 e. The van der Waals surface area contributed by atoms with Crippen LogP contribution in [0.5, 0.6) is 0 Å². The summed E-state index contributed by atoms with van der Waals surface area (Å²) in [6, 6.07) is 0.431. The smallest absolute Gasteiger partial charge is 0.146 e. The molecule has 2 heterocycles. The van der Waals surface area contributed by atoms with Gasteiger partial charge in [0.05, 0.1) is 6.61 Å². The van der Waals surface area contributed by atoms with Gasteiger partial charge in [-0.05, 0) is 25.4 Å². The fraction of sp³-hybridized carbons (Fsp3) is 0.750. The first-order chi connectivity index (χ1) is 6.21. The molecule has 1 aromatic heterocycles. The van der Waals surface area contributed by atoms with Gasteiger partial charge in [0.1, 0.15) is 16.9 Å². The highest BCUT2D eigenvalue weighted by Crippen LogP contribution is 2.27. The van der Waals surface area contributed by atoms with E-state index in [1.54, 1.807) is 6.33 Å². The number of hydrogen-bond acceptors (Lipinski definition) is 5. The molecule has 5 heteroatoms. The summed E-state index contributed by atoms with van der Waals surface area (Å²) in [7, 11) is 0. The van der Waals surface area contributed by atoms with E-state index >= 15 is 0 Å². The van der Waals surface area contributed by atoms with Crippen molar-refractivity contribution in [1.29, 1.82) is 0 Å². The van der Waals surface area contributed by atoms with Crippen LogP contribution in [0.15, 0.2) is 6.33 Å². The zero-order chi connectivity index (χ0) is 9.31. The van der Waals surface area contributed by atoms with Crippen LogP contribution in [0.4, 0.5) is 0 Å². The van der Waals surface area contributed by atoms with Crippen LogP contribution < -0.4 is 5.32 Å². The van der Waals surface area contributed by atoms with Crippen molar-refractivity contribution >= 4 is 11.5 Å². The number of morpholine rings is 1. The highest BCUT2D eigenvalue weighted by atomic mass is 32.1. The van der Waals surface area contributed by atoms with Crippen molar-refractivity contribution in [2.24, 2.45) is 0 Å². The second kappa shape index (κ2) is 3.32. The Morgan fingerprint density at radius 3 is 3.15 bits per heavy atom. The van der Waals surface area contributed by atoms with Gasteiger partial charge in [-0.1, -0.05) is 0 Å². The molecule has 0 radical (unpaired) electrons. The fourth-order valence-electron chi connectivity index (χ4n) is 1.33. The minimum atomic E-state index is -0.284. The summed E-state index contributed by atoms with van der Waals surface area (Å²) >= 11 is 1.40. The minimum absolute atomic E-state index is 0.284. The van der Waals surface area contributed by atoms with Crippen molar-refractivity contribution in [3.63, 3.8) is 0 Å². The molecular weight excluding hydrogens is 186 g/mol. The van der Waals surface area contributed by atoms with E-state index in [9.17, 15) is 0 Å². The number of nitrogens with zero attached hydrogens (tertiary/aromatic N) is 2. The van der Waals surface area contributed by atoms with E-state index in [0.29, 0.717) is 6.04 Å². The molecule has 2 atom stereocenters. The third-order valence-electron chi connectivity index (χ3n) is 2.25. The second-order valence-electron chi connectivity index (χ2n) is 3.57. The molecule has 1 fully saturated rings. The normalized spacial score (nSPS) is 34.8. The van der Waals surface area contributed by atoms with Crippen LogP contribution in [-0.2, 0) is 10.3 Å². The van der Waals surface area contributed by atoms with Crippen LogP contribution in [0.2, 0.25) is 0 Å². The van der Waals surface area contributed by atoms with Gasteiger partial charge < -0.3 is 10.1 Å². The van der Waals surface area contributed by atoms with Gasteiger partial charge in [0, 0.05) is 12.6 Å². The number of aromatic nitrogens is 2. The average molecular weight is 199 g/mol. The molecule has 1 aliphatic rings. The molecule has 13 heavy (non-hydrogen) atoms. The molecule has 1 saturated heterocycles. The lowest BCUT2D eigenvalue weighted by atomic mass is 10.1. The summed E-state index contributed by atoms with van der Waals surface area (Å²) in [4.78, 5) is 4.18. The molecule has 0 bridgehead atoms. The Kier molecular flexibility index (Phi) is 2.31. The van der Waals surface area contributed by atoms with Crippen molar-refractivity contribution in [3.8, 4) is 0 Å². The van der Waals surface area contributed by atoms with Gasteiger partial charge in [-0.15, -0.1) is 0 Å². The van der Waals surface area contributed by atoms with E-state index in [4.69, 9.17) is 4.74 Å². The van der Waals surface area contributed by atoms with Gasteiger partial charge in [-0.2, -0.15) is 4.37 Å². The third-order valence-corrected chi connectivity index (χ3v) is 3.16. The first-order valence-electron chi connectivity index (χ1n) is 4.35. The van der Waals surface area contributed by atoms with Crippen LogP contribution in [0, 0.1) is 0 Å². The van der Waals surface area contributed by atoms with Crippen molar-refractivity contribution in [3.05, 3.63) is 11.3 Å². The van der Waals surface area contributed by atoms with Gasteiger partial charge in [-0.25, -0.2) is 4.98 Å². The zero-order valence-electron chi connectivity index (χ0n) is 7.78. The number of hydrogen-bond donors (Lipinski definition) is 1. The number of rotatable bonds is 1. The molecule has 1 N–H and O–H groups in total. The summed E-state index contributed by atoms with van der Waals surface area (Å²) < 4.78 is 9.75. The summed E-state index contributed by atoms with van der Waals surface area (Å²) in [5.41, 5.74) is -0.284. The first kappa shape index (κ1) is 9.05. The molecule has 0 spiro atoms. The van der Waals surface area contributed by atoms with Gasteiger partial charge in [0.2, 0.25) is 0 Å². The lowest BCUT2D eigenvalue weighted by Gasteiger charge is -2.35. The Morgan fingerprint density at radius 1 is 1.77 bits per heavy atom. The monoisotopic (exact) mass is 199 g/mol. The molecule has 72 valence electrons. The molecule has 0 aromatic carbocycles. The van der Waals surface area contributed by atoms with Crippen molar-refractivity contribution in [1.82, 2.24) is 14.7 Å². The Balaban J connectivity index is 2.13. The molecule has 1 aromatic rings. The summed E-state index contributed by atoms with van der Waals surface area (Å²) in [5.74, 6) is 0. The maximum atomic E-state index is 5.77. The second-order valence-corrected chi connectivity index (χ2v) is 4.35. The zero-order valence-corrected chi connectivity index (χ0v) is 8.60. The standard InChI is InChI=1S/C8H13N3OS/c1-6-3-12-8(2,4-9-6)7-10-5-11-13-7/h5-6,9H,3-4H2,1-2H3. The average Bonchev–Trinajstić information content (AvgIpc) is 2.63. The molecule has 0 saturated carbocycles. The van der Waals surface area contributed by atoms with E-state index in [0.717, 1.165) is 18.2 Å². The molecule has 4 nitrogen and oxygen atoms in total. The van der Waals surface area contributed by atoms with E-state index in [-0.39, 0.29) is 5.60 Å².